The Morgan fingerprint density at radius 2 is 2.05 bits per heavy atom. The lowest BCUT2D eigenvalue weighted by Gasteiger charge is -2.16. The topological polar surface area (TPSA) is 83.5 Å². The smallest absolute Gasteiger partial charge is 0.335 e. The fourth-order valence-corrected chi connectivity index (χ4v) is 4.00. The third kappa shape index (κ3) is 3.63. The average Bonchev–Trinajstić information content (AvgIpc) is 3.17. The number of nitrogens with one attached hydrogen (secondary N) is 1. The van der Waals surface area contributed by atoms with Gasteiger partial charge in [0.05, 0.1) is 10.5 Å². The second-order valence-electron chi connectivity index (χ2n) is 5.86. The van der Waals surface area contributed by atoms with E-state index in [1.54, 1.807) is 6.92 Å². The van der Waals surface area contributed by atoms with Crippen molar-refractivity contribution in [2.45, 2.75) is 44.4 Å². The fourth-order valence-electron chi connectivity index (χ4n) is 2.57. The first-order valence-electron chi connectivity index (χ1n) is 7.13. The summed E-state index contributed by atoms with van der Waals surface area (Å²) in [6, 6.07) is 4.16. The van der Waals surface area contributed by atoms with Gasteiger partial charge in [0, 0.05) is 6.54 Å². The van der Waals surface area contributed by atoms with Crippen LogP contribution in [-0.4, -0.2) is 26.0 Å². The Morgan fingerprint density at radius 1 is 1.38 bits per heavy atom. The molecule has 0 aromatic heterocycles. The molecule has 0 saturated heterocycles. The first-order valence-corrected chi connectivity index (χ1v) is 8.62. The van der Waals surface area contributed by atoms with Crippen LogP contribution >= 0.6 is 0 Å². The molecule has 1 saturated carbocycles. The van der Waals surface area contributed by atoms with Gasteiger partial charge in [-0.05, 0) is 49.3 Å². The van der Waals surface area contributed by atoms with Gasteiger partial charge in [-0.3, -0.25) is 0 Å². The molecule has 2 rings (SSSR count). The van der Waals surface area contributed by atoms with Gasteiger partial charge in [-0.25, -0.2) is 17.9 Å². The van der Waals surface area contributed by atoms with Crippen LogP contribution in [-0.2, 0) is 10.0 Å². The van der Waals surface area contributed by atoms with Crippen molar-refractivity contribution in [1.82, 2.24) is 4.72 Å². The molecule has 0 atom stereocenters. The van der Waals surface area contributed by atoms with Crippen molar-refractivity contribution < 1.29 is 18.3 Å². The first-order chi connectivity index (χ1) is 9.80. The SMILES string of the molecule is CCCC1(CNS(=O)(=O)c2cc(C(=O)O)ccc2C)CC1. The third-order valence-electron chi connectivity index (χ3n) is 4.10. The molecule has 0 amide bonds. The van der Waals surface area contributed by atoms with Gasteiger partial charge >= 0.3 is 5.97 Å². The minimum Gasteiger partial charge on any atom is -0.478 e. The number of benzene rings is 1. The second-order valence-corrected chi connectivity index (χ2v) is 7.60. The summed E-state index contributed by atoms with van der Waals surface area (Å²) in [5, 5.41) is 8.99. The van der Waals surface area contributed by atoms with Crippen LogP contribution in [0.25, 0.3) is 0 Å². The number of sulfonamides is 1. The van der Waals surface area contributed by atoms with Crippen LogP contribution in [0.4, 0.5) is 0 Å². The Balaban J connectivity index is 2.19. The van der Waals surface area contributed by atoms with E-state index in [0.717, 1.165) is 25.7 Å². The Labute approximate surface area is 125 Å². The van der Waals surface area contributed by atoms with Gasteiger partial charge in [0.1, 0.15) is 0 Å². The number of rotatable bonds is 7. The molecule has 2 N–H and O–H groups in total. The third-order valence-corrected chi connectivity index (χ3v) is 5.64. The molecule has 0 heterocycles. The Bertz CT molecular complexity index is 648. The summed E-state index contributed by atoms with van der Waals surface area (Å²) in [6.45, 7) is 4.19. The quantitative estimate of drug-likeness (QED) is 0.810. The molecule has 6 heteroatoms. The van der Waals surface area contributed by atoms with Gasteiger partial charge in [0.25, 0.3) is 0 Å². The maximum atomic E-state index is 12.4. The van der Waals surface area contributed by atoms with Gasteiger partial charge in [0.15, 0.2) is 0 Å². The van der Waals surface area contributed by atoms with Crippen LogP contribution < -0.4 is 4.72 Å². The van der Waals surface area contributed by atoms with E-state index in [0.29, 0.717) is 12.1 Å². The number of hydrogen-bond acceptors (Lipinski definition) is 3. The van der Waals surface area contributed by atoms with Crippen LogP contribution in [0.15, 0.2) is 23.1 Å². The van der Waals surface area contributed by atoms with Crippen LogP contribution in [0.1, 0.15) is 48.5 Å². The van der Waals surface area contributed by atoms with Crippen LogP contribution in [0.5, 0.6) is 0 Å². The van der Waals surface area contributed by atoms with E-state index in [9.17, 15) is 13.2 Å². The summed E-state index contributed by atoms with van der Waals surface area (Å²) in [4.78, 5) is 11.0. The van der Waals surface area contributed by atoms with Gasteiger partial charge in [-0.2, -0.15) is 0 Å². The van der Waals surface area contributed by atoms with Crippen molar-refractivity contribution in [3.63, 3.8) is 0 Å². The van der Waals surface area contributed by atoms with Crippen molar-refractivity contribution in [2.24, 2.45) is 5.41 Å². The van der Waals surface area contributed by atoms with Gasteiger partial charge in [-0.1, -0.05) is 19.4 Å². The van der Waals surface area contributed by atoms with Crippen molar-refractivity contribution in [3.05, 3.63) is 29.3 Å². The number of aryl methyl sites for hydroxylation is 1. The molecule has 0 bridgehead atoms. The number of carboxylic acid groups (broad SMARTS) is 1. The molecular formula is C15H21NO4S. The second kappa shape index (κ2) is 5.77. The molecule has 0 unspecified atom stereocenters. The van der Waals surface area contributed by atoms with E-state index in [4.69, 9.17) is 5.11 Å². The minimum absolute atomic E-state index is 0.0179. The summed E-state index contributed by atoms with van der Waals surface area (Å²) in [7, 11) is -3.67. The molecule has 21 heavy (non-hydrogen) atoms. The monoisotopic (exact) mass is 311 g/mol. The van der Waals surface area contributed by atoms with E-state index in [2.05, 4.69) is 11.6 Å². The maximum absolute atomic E-state index is 12.4. The van der Waals surface area contributed by atoms with Crippen LogP contribution in [0.2, 0.25) is 0 Å². The van der Waals surface area contributed by atoms with E-state index in [1.165, 1.54) is 18.2 Å². The summed E-state index contributed by atoms with van der Waals surface area (Å²) in [5.41, 5.74) is 0.642. The highest BCUT2D eigenvalue weighted by Crippen LogP contribution is 2.49. The van der Waals surface area contributed by atoms with Gasteiger partial charge in [0.2, 0.25) is 10.0 Å². The summed E-state index contributed by atoms with van der Waals surface area (Å²) in [6.07, 6.45) is 4.16. The number of hydrogen-bond donors (Lipinski definition) is 2. The molecule has 1 aliphatic rings. The summed E-state index contributed by atoms with van der Waals surface area (Å²) >= 11 is 0. The highest BCUT2D eigenvalue weighted by atomic mass is 32.2. The van der Waals surface area contributed by atoms with E-state index < -0.39 is 16.0 Å². The van der Waals surface area contributed by atoms with Crippen LogP contribution in [0.3, 0.4) is 0 Å². The van der Waals surface area contributed by atoms with Crippen molar-refractivity contribution >= 4 is 16.0 Å². The normalized spacial score (nSPS) is 16.7. The zero-order valence-corrected chi connectivity index (χ0v) is 13.2. The zero-order chi connectivity index (χ0) is 15.7. The predicted molar refractivity (Wildman–Crippen MR) is 79.9 cm³/mol. The zero-order valence-electron chi connectivity index (χ0n) is 12.3. The van der Waals surface area contributed by atoms with E-state index >= 15 is 0 Å². The lowest BCUT2D eigenvalue weighted by Crippen LogP contribution is -2.31. The highest BCUT2D eigenvalue weighted by Gasteiger charge is 2.42. The molecular weight excluding hydrogens is 290 g/mol. The van der Waals surface area contributed by atoms with Crippen molar-refractivity contribution in [2.75, 3.05) is 6.54 Å². The molecule has 0 aliphatic heterocycles. The molecule has 5 nitrogen and oxygen atoms in total. The largest absolute Gasteiger partial charge is 0.478 e. The summed E-state index contributed by atoms with van der Waals surface area (Å²) < 4.78 is 27.5. The van der Waals surface area contributed by atoms with Gasteiger partial charge in [-0.15, -0.1) is 0 Å². The predicted octanol–water partition coefficient (Wildman–Crippen LogP) is 2.55. The first kappa shape index (κ1) is 16.0. The molecule has 1 fully saturated rings. The Morgan fingerprint density at radius 3 is 2.57 bits per heavy atom. The average molecular weight is 311 g/mol. The highest BCUT2D eigenvalue weighted by molar-refractivity contribution is 7.89. The standard InChI is InChI=1S/C15H21NO4S/c1-3-6-15(7-8-15)10-16-21(19,20)13-9-12(14(17)18)5-4-11(13)2/h4-5,9,16H,3,6-8,10H2,1-2H3,(H,17,18). The van der Waals surface area contributed by atoms with E-state index in [-0.39, 0.29) is 15.9 Å². The maximum Gasteiger partial charge on any atom is 0.335 e. The lowest BCUT2D eigenvalue weighted by molar-refractivity contribution is 0.0696. The molecule has 0 radical (unpaired) electrons. The summed E-state index contributed by atoms with van der Waals surface area (Å²) in [5.74, 6) is -1.13. The molecule has 0 spiro atoms. The lowest BCUT2D eigenvalue weighted by atomic mass is 10.0. The fraction of sp³-hybridized carbons (Fsp3) is 0.533. The van der Waals surface area contributed by atoms with Crippen molar-refractivity contribution in [1.29, 1.82) is 0 Å². The minimum atomic E-state index is -3.67. The Hall–Kier alpha value is -1.40. The number of aromatic carboxylic acids is 1. The number of carboxylic acids is 1. The number of carbonyl (C=O) groups is 1. The van der Waals surface area contributed by atoms with Gasteiger partial charge < -0.3 is 5.11 Å². The van der Waals surface area contributed by atoms with Crippen LogP contribution in [0, 0.1) is 12.3 Å². The molecule has 1 aliphatic carbocycles. The molecule has 1 aromatic carbocycles. The molecule has 116 valence electrons. The Kier molecular flexibility index (Phi) is 4.39. The van der Waals surface area contributed by atoms with Crippen molar-refractivity contribution in [3.8, 4) is 0 Å². The van der Waals surface area contributed by atoms with E-state index in [1.807, 2.05) is 0 Å². The molecule has 1 aromatic rings.